The quantitative estimate of drug-likeness (QED) is 0.817. The fourth-order valence-electron chi connectivity index (χ4n) is 3.05. The zero-order valence-electron chi connectivity index (χ0n) is 12.7. The summed E-state index contributed by atoms with van der Waals surface area (Å²) in [6, 6.07) is 8.76. The summed E-state index contributed by atoms with van der Waals surface area (Å²) in [5, 5.41) is 3.50. The first-order valence-corrected chi connectivity index (χ1v) is 8.20. The molecule has 1 unspecified atom stereocenters. The Morgan fingerprint density at radius 3 is 2.62 bits per heavy atom. The number of morpholine rings is 1. The summed E-state index contributed by atoms with van der Waals surface area (Å²) in [6.07, 6.45) is 5.35. The van der Waals surface area contributed by atoms with Gasteiger partial charge in [-0.2, -0.15) is 0 Å². The Morgan fingerprint density at radius 1 is 1.10 bits per heavy atom. The van der Waals surface area contributed by atoms with Crippen LogP contribution in [0.1, 0.15) is 25.7 Å². The van der Waals surface area contributed by atoms with Gasteiger partial charge in [-0.1, -0.05) is 0 Å². The van der Waals surface area contributed by atoms with E-state index in [-0.39, 0.29) is 0 Å². The molecule has 2 aliphatic rings. The molecule has 4 nitrogen and oxygen atoms in total. The molecule has 1 aromatic carbocycles. The van der Waals surface area contributed by atoms with E-state index in [1.165, 1.54) is 37.1 Å². The van der Waals surface area contributed by atoms with Gasteiger partial charge in [-0.05, 0) is 49.9 Å². The van der Waals surface area contributed by atoms with Gasteiger partial charge < -0.3 is 19.7 Å². The minimum atomic E-state index is 0.510. The Balaban J connectivity index is 1.39. The van der Waals surface area contributed by atoms with Crippen molar-refractivity contribution in [3.8, 4) is 0 Å². The van der Waals surface area contributed by atoms with Gasteiger partial charge in [0.05, 0.1) is 19.3 Å². The molecule has 2 fully saturated rings. The predicted molar refractivity (Wildman–Crippen MR) is 86.2 cm³/mol. The summed E-state index contributed by atoms with van der Waals surface area (Å²) < 4.78 is 11.0. The van der Waals surface area contributed by atoms with E-state index in [2.05, 4.69) is 34.5 Å². The summed E-state index contributed by atoms with van der Waals surface area (Å²) >= 11 is 0. The van der Waals surface area contributed by atoms with Crippen molar-refractivity contribution in [2.75, 3.05) is 49.7 Å². The van der Waals surface area contributed by atoms with Crippen LogP contribution in [-0.4, -0.2) is 45.6 Å². The lowest BCUT2D eigenvalue weighted by molar-refractivity contribution is 0.103. The van der Waals surface area contributed by atoms with E-state index >= 15 is 0 Å². The zero-order valence-corrected chi connectivity index (χ0v) is 12.7. The largest absolute Gasteiger partial charge is 0.385 e. The minimum Gasteiger partial charge on any atom is -0.385 e. The first kappa shape index (κ1) is 14.7. The Kier molecular flexibility index (Phi) is 5.35. The van der Waals surface area contributed by atoms with Crippen LogP contribution in [0, 0.1) is 0 Å². The molecule has 0 bridgehead atoms. The molecule has 0 saturated carbocycles. The molecule has 0 aliphatic carbocycles. The molecular weight excluding hydrogens is 264 g/mol. The van der Waals surface area contributed by atoms with Gasteiger partial charge in [0.25, 0.3) is 0 Å². The molecule has 2 aliphatic heterocycles. The smallest absolute Gasteiger partial charge is 0.0642 e. The van der Waals surface area contributed by atoms with E-state index in [1.54, 1.807) is 0 Å². The highest BCUT2D eigenvalue weighted by Gasteiger charge is 2.14. The first-order valence-electron chi connectivity index (χ1n) is 8.20. The van der Waals surface area contributed by atoms with Crippen LogP contribution < -0.4 is 10.2 Å². The van der Waals surface area contributed by atoms with Crippen molar-refractivity contribution in [2.24, 2.45) is 0 Å². The summed E-state index contributed by atoms with van der Waals surface area (Å²) in [4.78, 5) is 2.38. The van der Waals surface area contributed by atoms with Gasteiger partial charge in [-0.3, -0.25) is 0 Å². The fourth-order valence-corrected chi connectivity index (χ4v) is 3.05. The lowest BCUT2D eigenvalue weighted by Crippen LogP contribution is -2.36. The lowest BCUT2D eigenvalue weighted by Gasteiger charge is -2.28. The molecule has 0 amide bonds. The molecular formula is C17H26N2O2. The van der Waals surface area contributed by atoms with Crippen LogP contribution in [-0.2, 0) is 9.47 Å². The fraction of sp³-hybridized carbons (Fsp3) is 0.647. The average molecular weight is 290 g/mol. The third-order valence-electron chi connectivity index (χ3n) is 4.30. The average Bonchev–Trinajstić information content (AvgIpc) is 3.06. The minimum absolute atomic E-state index is 0.510. The number of benzene rings is 1. The maximum absolute atomic E-state index is 5.64. The number of hydrogen-bond donors (Lipinski definition) is 1. The van der Waals surface area contributed by atoms with Gasteiger partial charge in [0, 0.05) is 37.6 Å². The maximum atomic E-state index is 5.64. The number of ether oxygens (including phenoxy) is 2. The Bertz CT molecular complexity index is 409. The molecule has 21 heavy (non-hydrogen) atoms. The van der Waals surface area contributed by atoms with Crippen molar-refractivity contribution in [1.82, 2.24) is 0 Å². The monoisotopic (exact) mass is 290 g/mol. The van der Waals surface area contributed by atoms with Crippen molar-refractivity contribution in [3.05, 3.63) is 24.3 Å². The van der Waals surface area contributed by atoms with E-state index in [1.807, 2.05) is 0 Å². The van der Waals surface area contributed by atoms with Crippen molar-refractivity contribution < 1.29 is 9.47 Å². The van der Waals surface area contributed by atoms with Crippen LogP contribution >= 0.6 is 0 Å². The molecule has 1 aromatic rings. The van der Waals surface area contributed by atoms with Crippen LogP contribution in [0.3, 0.4) is 0 Å². The van der Waals surface area contributed by atoms with Crippen LogP contribution in [0.4, 0.5) is 11.4 Å². The summed E-state index contributed by atoms with van der Waals surface area (Å²) in [5.41, 5.74) is 2.50. The second-order valence-electron chi connectivity index (χ2n) is 5.85. The molecule has 2 saturated heterocycles. The van der Waals surface area contributed by atoms with Gasteiger partial charge in [0.2, 0.25) is 0 Å². The topological polar surface area (TPSA) is 33.7 Å². The number of nitrogens with zero attached hydrogens (tertiary/aromatic N) is 1. The van der Waals surface area contributed by atoms with Crippen molar-refractivity contribution in [2.45, 2.75) is 31.8 Å². The highest BCUT2D eigenvalue weighted by atomic mass is 16.5. The Morgan fingerprint density at radius 2 is 1.90 bits per heavy atom. The number of nitrogens with one attached hydrogen (secondary N) is 1. The van der Waals surface area contributed by atoms with E-state index in [4.69, 9.17) is 9.47 Å². The molecule has 3 rings (SSSR count). The molecule has 2 heterocycles. The van der Waals surface area contributed by atoms with Crippen molar-refractivity contribution >= 4 is 11.4 Å². The SMILES string of the molecule is c1cc(N2CCOCC2)ccc1NCCCC1CCCO1. The normalized spacial score (nSPS) is 22.5. The summed E-state index contributed by atoms with van der Waals surface area (Å²) in [5.74, 6) is 0. The van der Waals surface area contributed by atoms with Crippen molar-refractivity contribution in [3.63, 3.8) is 0 Å². The van der Waals surface area contributed by atoms with Gasteiger partial charge in [0.1, 0.15) is 0 Å². The van der Waals surface area contributed by atoms with Crippen LogP contribution in [0.15, 0.2) is 24.3 Å². The van der Waals surface area contributed by atoms with Crippen LogP contribution in [0.5, 0.6) is 0 Å². The van der Waals surface area contributed by atoms with Gasteiger partial charge >= 0.3 is 0 Å². The Labute approximate surface area is 127 Å². The van der Waals surface area contributed by atoms with Crippen LogP contribution in [0.25, 0.3) is 0 Å². The van der Waals surface area contributed by atoms with Gasteiger partial charge in [-0.15, -0.1) is 0 Å². The van der Waals surface area contributed by atoms with E-state index in [0.29, 0.717) is 6.10 Å². The highest BCUT2D eigenvalue weighted by molar-refractivity contribution is 5.55. The highest BCUT2D eigenvalue weighted by Crippen LogP contribution is 2.20. The van der Waals surface area contributed by atoms with Gasteiger partial charge in [-0.25, -0.2) is 0 Å². The summed E-state index contributed by atoms with van der Waals surface area (Å²) in [7, 11) is 0. The lowest BCUT2D eigenvalue weighted by atomic mass is 10.1. The first-order chi connectivity index (χ1) is 10.4. The van der Waals surface area contributed by atoms with Gasteiger partial charge in [0.15, 0.2) is 0 Å². The molecule has 0 spiro atoms. The second-order valence-corrected chi connectivity index (χ2v) is 5.85. The van der Waals surface area contributed by atoms with E-state index < -0.39 is 0 Å². The standard InChI is InChI=1S/C17H26N2O2/c1(3-17-4-2-12-21-17)9-18-15-5-7-16(8-6-15)19-10-13-20-14-11-19/h5-8,17-18H,1-4,9-14H2. The predicted octanol–water partition coefficient (Wildman–Crippen LogP) is 2.89. The third-order valence-corrected chi connectivity index (χ3v) is 4.30. The number of anilines is 2. The molecule has 0 radical (unpaired) electrons. The van der Waals surface area contributed by atoms with E-state index in [9.17, 15) is 0 Å². The number of hydrogen-bond acceptors (Lipinski definition) is 4. The third kappa shape index (κ3) is 4.35. The summed E-state index contributed by atoms with van der Waals surface area (Å²) in [6.45, 7) is 5.65. The Hall–Kier alpha value is -1.26. The molecule has 1 atom stereocenters. The number of rotatable bonds is 6. The molecule has 116 valence electrons. The van der Waals surface area contributed by atoms with Crippen LogP contribution in [0.2, 0.25) is 0 Å². The molecule has 4 heteroatoms. The molecule has 0 aromatic heterocycles. The second kappa shape index (κ2) is 7.66. The maximum Gasteiger partial charge on any atom is 0.0642 e. The zero-order chi connectivity index (χ0) is 14.3. The molecule has 1 N–H and O–H groups in total. The van der Waals surface area contributed by atoms with Crippen molar-refractivity contribution in [1.29, 1.82) is 0 Å². The van der Waals surface area contributed by atoms with E-state index in [0.717, 1.165) is 39.5 Å².